The van der Waals surface area contributed by atoms with Gasteiger partial charge in [-0.1, -0.05) is 31.2 Å². The van der Waals surface area contributed by atoms with Gasteiger partial charge < -0.3 is 10.0 Å². The smallest absolute Gasteiger partial charge is 0.306 e. The number of sulfonamides is 1. The first-order valence-corrected chi connectivity index (χ1v) is 11.2. The highest BCUT2D eigenvalue weighted by atomic mass is 32.2. The van der Waals surface area contributed by atoms with Gasteiger partial charge in [-0.15, -0.1) is 5.10 Å². The average molecular weight is 436 g/mol. The lowest BCUT2D eigenvalue weighted by Gasteiger charge is -2.33. The van der Waals surface area contributed by atoms with Crippen molar-refractivity contribution >= 4 is 21.9 Å². The number of carbonyl (C=O) groups excluding carboxylic acids is 1. The Morgan fingerprint density at radius 2 is 1.77 bits per heavy atom. The van der Waals surface area contributed by atoms with Crippen LogP contribution in [0.2, 0.25) is 0 Å². The van der Waals surface area contributed by atoms with Crippen LogP contribution in [0.15, 0.2) is 35.4 Å². The van der Waals surface area contributed by atoms with Crippen LogP contribution in [0.25, 0.3) is 11.3 Å². The first kappa shape index (κ1) is 21.9. The molecule has 1 saturated heterocycles. The SMILES string of the molecule is CC(C)C(C(=O)N1CCC(C(=O)O)CC1)n1cc(-c2ccc(S(N)(=O)=O)cc2)nn1. The summed E-state index contributed by atoms with van der Waals surface area (Å²) in [6.45, 7) is 4.62. The molecule has 1 unspecified atom stereocenters. The summed E-state index contributed by atoms with van der Waals surface area (Å²) in [6, 6.07) is 5.37. The second kappa shape index (κ2) is 8.52. The zero-order chi connectivity index (χ0) is 22.1. The topological polar surface area (TPSA) is 148 Å². The molecule has 1 fully saturated rings. The van der Waals surface area contributed by atoms with E-state index in [0.29, 0.717) is 37.2 Å². The third-order valence-electron chi connectivity index (χ3n) is 5.31. The maximum absolute atomic E-state index is 13.1. The Morgan fingerprint density at radius 1 is 1.17 bits per heavy atom. The molecule has 162 valence electrons. The molecule has 3 rings (SSSR count). The van der Waals surface area contributed by atoms with Gasteiger partial charge in [-0.05, 0) is 30.9 Å². The average Bonchev–Trinajstić information content (AvgIpc) is 3.16. The number of hydrogen-bond acceptors (Lipinski definition) is 6. The lowest BCUT2D eigenvalue weighted by atomic mass is 9.95. The van der Waals surface area contributed by atoms with Crippen LogP contribution in [0.5, 0.6) is 0 Å². The zero-order valence-electron chi connectivity index (χ0n) is 16.8. The van der Waals surface area contributed by atoms with E-state index in [0.717, 1.165) is 0 Å². The largest absolute Gasteiger partial charge is 0.481 e. The first-order chi connectivity index (χ1) is 14.1. The number of primary sulfonamides is 1. The van der Waals surface area contributed by atoms with Crippen molar-refractivity contribution in [3.63, 3.8) is 0 Å². The van der Waals surface area contributed by atoms with Gasteiger partial charge in [0.1, 0.15) is 11.7 Å². The van der Waals surface area contributed by atoms with Gasteiger partial charge in [-0.2, -0.15) is 0 Å². The number of benzene rings is 1. The molecule has 10 nitrogen and oxygen atoms in total. The van der Waals surface area contributed by atoms with Gasteiger partial charge in [0.25, 0.3) is 0 Å². The molecular formula is C19H25N5O5S. The summed E-state index contributed by atoms with van der Waals surface area (Å²) >= 11 is 0. The molecule has 0 spiro atoms. The van der Waals surface area contributed by atoms with Crippen LogP contribution < -0.4 is 5.14 Å². The molecule has 1 amide bonds. The highest BCUT2D eigenvalue weighted by molar-refractivity contribution is 7.89. The van der Waals surface area contributed by atoms with Crippen LogP contribution in [0, 0.1) is 11.8 Å². The Labute approximate surface area is 174 Å². The number of aliphatic carboxylic acids is 1. The second-order valence-corrected chi connectivity index (χ2v) is 9.34. The summed E-state index contributed by atoms with van der Waals surface area (Å²) in [5, 5.41) is 22.5. The second-order valence-electron chi connectivity index (χ2n) is 7.78. The molecule has 2 heterocycles. The summed E-state index contributed by atoms with van der Waals surface area (Å²) in [7, 11) is -3.78. The van der Waals surface area contributed by atoms with Crippen LogP contribution in [-0.2, 0) is 19.6 Å². The number of likely N-dealkylation sites (tertiary alicyclic amines) is 1. The molecule has 1 atom stereocenters. The number of aromatic nitrogens is 3. The Morgan fingerprint density at radius 3 is 2.27 bits per heavy atom. The maximum Gasteiger partial charge on any atom is 0.306 e. The number of rotatable bonds is 6. The predicted molar refractivity (Wildman–Crippen MR) is 108 cm³/mol. The van der Waals surface area contributed by atoms with Gasteiger partial charge >= 0.3 is 5.97 Å². The van der Waals surface area contributed by atoms with Crippen LogP contribution in [0.4, 0.5) is 0 Å². The van der Waals surface area contributed by atoms with Crippen molar-refractivity contribution in [1.29, 1.82) is 0 Å². The van der Waals surface area contributed by atoms with E-state index in [9.17, 15) is 18.0 Å². The fourth-order valence-corrected chi connectivity index (χ4v) is 4.11. The normalized spacial score (nSPS) is 16.6. The minimum atomic E-state index is -3.78. The fraction of sp³-hybridized carbons (Fsp3) is 0.474. The number of hydrogen-bond donors (Lipinski definition) is 2. The molecule has 30 heavy (non-hydrogen) atoms. The number of piperidine rings is 1. The summed E-state index contributed by atoms with van der Waals surface area (Å²) in [6.07, 6.45) is 2.52. The molecule has 0 aliphatic carbocycles. The Bertz CT molecular complexity index is 1020. The van der Waals surface area contributed by atoms with Crippen molar-refractivity contribution in [3.05, 3.63) is 30.5 Å². The van der Waals surface area contributed by atoms with Crippen molar-refractivity contribution in [3.8, 4) is 11.3 Å². The van der Waals surface area contributed by atoms with Crippen molar-refractivity contribution in [1.82, 2.24) is 19.9 Å². The van der Waals surface area contributed by atoms with Gasteiger partial charge in [0.15, 0.2) is 0 Å². The molecule has 2 aromatic rings. The van der Waals surface area contributed by atoms with Gasteiger partial charge in [0.05, 0.1) is 17.0 Å². The third kappa shape index (κ3) is 4.68. The van der Waals surface area contributed by atoms with Crippen LogP contribution in [-0.4, -0.2) is 58.4 Å². The monoisotopic (exact) mass is 435 g/mol. The van der Waals surface area contributed by atoms with E-state index < -0.39 is 28.0 Å². The molecule has 1 aromatic carbocycles. The third-order valence-corrected chi connectivity index (χ3v) is 6.24. The summed E-state index contributed by atoms with van der Waals surface area (Å²) in [4.78, 5) is 26.0. The Hall–Kier alpha value is -2.79. The van der Waals surface area contributed by atoms with Crippen molar-refractivity contribution in [2.24, 2.45) is 17.0 Å². The van der Waals surface area contributed by atoms with E-state index >= 15 is 0 Å². The molecule has 1 aliphatic rings. The van der Waals surface area contributed by atoms with E-state index in [1.54, 1.807) is 23.2 Å². The van der Waals surface area contributed by atoms with Gasteiger partial charge in [0, 0.05) is 18.7 Å². The van der Waals surface area contributed by atoms with Gasteiger partial charge in [-0.3, -0.25) is 9.59 Å². The summed E-state index contributed by atoms with van der Waals surface area (Å²) in [5.41, 5.74) is 1.14. The Kier molecular flexibility index (Phi) is 6.22. The van der Waals surface area contributed by atoms with Crippen molar-refractivity contribution in [2.45, 2.75) is 37.6 Å². The molecule has 11 heteroatoms. The van der Waals surface area contributed by atoms with Gasteiger partial charge in [-0.25, -0.2) is 18.2 Å². The molecule has 0 bridgehead atoms. The van der Waals surface area contributed by atoms with E-state index in [4.69, 9.17) is 10.2 Å². The molecule has 3 N–H and O–H groups in total. The van der Waals surface area contributed by atoms with E-state index in [-0.39, 0.29) is 16.7 Å². The lowest BCUT2D eigenvalue weighted by molar-refractivity contribution is -0.147. The molecular weight excluding hydrogens is 410 g/mol. The number of carbonyl (C=O) groups is 2. The van der Waals surface area contributed by atoms with E-state index in [2.05, 4.69) is 10.3 Å². The predicted octanol–water partition coefficient (Wildman–Crippen LogP) is 1.11. The standard InChI is InChI=1S/C19H25N5O5S/c1-12(2)17(18(25)23-9-7-14(8-10-23)19(26)27)24-11-16(21-22-24)13-3-5-15(6-4-13)30(20,28)29/h3-6,11-12,14,17H,7-10H2,1-2H3,(H,26,27)(H2,20,28,29). The highest BCUT2D eigenvalue weighted by Crippen LogP contribution is 2.26. The number of nitrogens with zero attached hydrogens (tertiary/aromatic N) is 4. The zero-order valence-corrected chi connectivity index (χ0v) is 17.6. The summed E-state index contributed by atoms with van der Waals surface area (Å²) < 4.78 is 24.3. The molecule has 1 aromatic heterocycles. The molecule has 0 saturated carbocycles. The molecule has 0 radical (unpaired) electrons. The van der Waals surface area contributed by atoms with Crippen LogP contribution in [0.1, 0.15) is 32.7 Å². The number of carboxylic acid groups (broad SMARTS) is 1. The van der Waals surface area contributed by atoms with Crippen LogP contribution in [0.3, 0.4) is 0 Å². The van der Waals surface area contributed by atoms with E-state index in [1.165, 1.54) is 16.8 Å². The minimum absolute atomic E-state index is 0.00126. The number of carboxylic acids is 1. The van der Waals surface area contributed by atoms with Crippen molar-refractivity contribution < 1.29 is 23.1 Å². The minimum Gasteiger partial charge on any atom is -0.481 e. The summed E-state index contributed by atoms with van der Waals surface area (Å²) in [5.74, 6) is -1.41. The number of amides is 1. The quantitative estimate of drug-likeness (QED) is 0.690. The molecule has 1 aliphatic heterocycles. The maximum atomic E-state index is 13.1. The first-order valence-electron chi connectivity index (χ1n) is 9.64. The fourth-order valence-electron chi connectivity index (χ4n) is 3.60. The Balaban J connectivity index is 1.79. The lowest BCUT2D eigenvalue weighted by Crippen LogP contribution is -2.45. The number of nitrogens with two attached hydrogens (primary N) is 1. The van der Waals surface area contributed by atoms with Crippen molar-refractivity contribution in [2.75, 3.05) is 13.1 Å². The highest BCUT2D eigenvalue weighted by Gasteiger charge is 2.33. The van der Waals surface area contributed by atoms with Gasteiger partial charge in [0.2, 0.25) is 15.9 Å². The van der Waals surface area contributed by atoms with Crippen LogP contribution >= 0.6 is 0 Å². The van der Waals surface area contributed by atoms with E-state index in [1.807, 2.05) is 13.8 Å².